The third-order valence-corrected chi connectivity index (χ3v) is 4.13. The molecule has 0 fully saturated rings. The van der Waals surface area contributed by atoms with Gasteiger partial charge in [-0.2, -0.15) is 4.98 Å². The van der Waals surface area contributed by atoms with Crippen LogP contribution in [0.1, 0.15) is 63.5 Å². The van der Waals surface area contributed by atoms with Gasteiger partial charge in [0.15, 0.2) is 5.82 Å². The molecule has 0 aliphatic rings. The lowest BCUT2D eigenvalue weighted by Gasteiger charge is -2.24. The summed E-state index contributed by atoms with van der Waals surface area (Å²) in [5.74, 6) is -0.255. The number of alkyl halides is 3. The number of nitrogens with zero attached hydrogens (tertiary/aromatic N) is 3. The molecule has 0 saturated carbocycles. The number of hydrogen-bond acceptors (Lipinski definition) is 7. The van der Waals surface area contributed by atoms with Crippen LogP contribution in [0.4, 0.5) is 18.0 Å². The summed E-state index contributed by atoms with van der Waals surface area (Å²) in [5, 5.41) is 6.44. The second kappa shape index (κ2) is 9.54. The topological polar surface area (TPSA) is 89.7 Å². The summed E-state index contributed by atoms with van der Waals surface area (Å²) in [7, 11) is 3.67. The van der Waals surface area contributed by atoms with E-state index in [-0.39, 0.29) is 23.3 Å². The van der Waals surface area contributed by atoms with E-state index in [1.807, 2.05) is 25.9 Å². The number of halogens is 3. The van der Waals surface area contributed by atoms with Gasteiger partial charge in [0.2, 0.25) is 5.89 Å². The normalized spacial score (nSPS) is 14.3. The maximum atomic E-state index is 12.9. The molecule has 8 nitrogen and oxygen atoms in total. The van der Waals surface area contributed by atoms with Crippen LogP contribution in [0.15, 0.2) is 28.8 Å². The Hall–Kier alpha value is -2.82. The molecule has 2 atom stereocenters. The lowest BCUT2D eigenvalue weighted by Crippen LogP contribution is -2.36. The molecule has 1 aromatic heterocycles. The second-order valence-corrected chi connectivity index (χ2v) is 8.04. The molecule has 0 aliphatic heterocycles. The number of amides is 1. The van der Waals surface area contributed by atoms with Crippen molar-refractivity contribution < 1.29 is 32.0 Å². The predicted molar refractivity (Wildman–Crippen MR) is 105 cm³/mol. The van der Waals surface area contributed by atoms with Crippen molar-refractivity contribution in [2.45, 2.75) is 58.2 Å². The van der Waals surface area contributed by atoms with Crippen molar-refractivity contribution in [2.75, 3.05) is 14.1 Å². The Bertz CT molecular complexity index is 878. The lowest BCUT2D eigenvalue weighted by molar-refractivity contribution is -0.275. The average Bonchev–Trinajstić information content (AvgIpc) is 3.07. The molecule has 31 heavy (non-hydrogen) atoms. The van der Waals surface area contributed by atoms with E-state index >= 15 is 0 Å². The monoisotopic (exact) mass is 444 g/mol. The molecule has 11 heteroatoms. The minimum absolute atomic E-state index is 0.00376. The molecule has 0 unspecified atom stereocenters. The molecular formula is C20H27F3N4O4. The van der Waals surface area contributed by atoms with Crippen LogP contribution >= 0.6 is 0 Å². The van der Waals surface area contributed by atoms with Gasteiger partial charge in [-0.3, -0.25) is 4.90 Å². The van der Waals surface area contributed by atoms with Crippen LogP contribution in [0, 0.1) is 0 Å². The Balaban J connectivity index is 2.49. The molecule has 1 N–H and O–H groups in total. The van der Waals surface area contributed by atoms with E-state index < -0.39 is 29.8 Å². The number of ether oxygens (including phenoxy) is 2. The molecule has 2 rings (SSSR count). The summed E-state index contributed by atoms with van der Waals surface area (Å²) in [6.07, 6.45) is -5.12. The minimum atomic E-state index is -4.92. The predicted octanol–water partition coefficient (Wildman–Crippen LogP) is 4.60. The fraction of sp³-hybridized carbons (Fsp3) is 0.550. The largest absolute Gasteiger partial charge is 0.573 e. The molecule has 0 bridgehead atoms. The molecular weight excluding hydrogens is 417 g/mol. The van der Waals surface area contributed by atoms with Gasteiger partial charge in [-0.25, -0.2) is 4.79 Å². The summed E-state index contributed by atoms with van der Waals surface area (Å²) in [6.45, 7) is 6.92. The third kappa shape index (κ3) is 7.12. The number of carbonyl (C=O) groups excluding carboxylic acids is 1. The third-order valence-electron chi connectivity index (χ3n) is 4.13. The highest BCUT2D eigenvalue weighted by Crippen LogP contribution is 2.33. The summed E-state index contributed by atoms with van der Waals surface area (Å²) in [5.41, 5.74) is -0.826. The van der Waals surface area contributed by atoms with Gasteiger partial charge in [0.25, 0.3) is 0 Å². The van der Waals surface area contributed by atoms with E-state index in [2.05, 4.69) is 20.2 Å². The summed E-state index contributed by atoms with van der Waals surface area (Å²) < 4.78 is 53.5. The van der Waals surface area contributed by atoms with Gasteiger partial charge in [-0.15, -0.1) is 13.2 Å². The standard InChI is InChI=1S/C20H27F3N4O4/c1-7-13(27(5)6)17-25-16(26-31-17)15(24-18(28)30-19(2,3)4)12-10-8-9-11-14(12)29-20(21,22)23/h8-11,13,15H,7H2,1-6H3,(H,24,28)/t13-,15+/m1/s1. The van der Waals surface area contributed by atoms with Crippen LogP contribution in [0.3, 0.4) is 0 Å². The molecule has 1 heterocycles. The van der Waals surface area contributed by atoms with Crippen molar-refractivity contribution in [1.82, 2.24) is 20.4 Å². The van der Waals surface area contributed by atoms with Gasteiger partial charge in [-0.05, 0) is 47.4 Å². The molecule has 0 aliphatic carbocycles. The summed E-state index contributed by atoms with van der Waals surface area (Å²) in [6, 6.07) is 4.01. The lowest BCUT2D eigenvalue weighted by atomic mass is 10.1. The number of hydrogen-bond donors (Lipinski definition) is 1. The molecule has 1 amide bonds. The maximum absolute atomic E-state index is 12.9. The fourth-order valence-corrected chi connectivity index (χ4v) is 2.90. The van der Waals surface area contributed by atoms with Gasteiger partial charge in [0.1, 0.15) is 17.4 Å². The highest BCUT2D eigenvalue weighted by molar-refractivity contribution is 5.69. The molecule has 2 aromatic rings. The molecule has 172 valence electrons. The summed E-state index contributed by atoms with van der Waals surface area (Å²) in [4.78, 5) is 18.6. The number of alkyl carbamates (subject to hydrolysis) is 1. The van der Waals surface area contributed by atoms with E-state index in [0.29, 0.717) is 6.42 Å². The van der Waals surface area contributed by atoms with Gasteiger partial charge >= 0.3 is 12.5 Å². The Morgan fingerprint density at radius 1 is 1.23 bits per heavy atom. The number of rotatable bonds is 7. The Morgan fingerprint density at radius 3 is 2.42 bits per heavy atom. The number of para-hydroxylation sites is 1. The maximum Gasteiger partial charge on any atom is 0.573 e. The Morgan fingerprint density at radius 2 is 1.87 bits per heavy atom. The first-order chi connectivity index (χ1) is 14.3. The zero-order chi connectivity index (χ0) is 23.4. The smallest absolute Gasteiger partial charge is 0.444 e. The first kappa shape index (κ1) is 24.4. The van der Waals surface area contributed by atoms with Gasteiger partial charge in [0, 0.05) is 5.56 Å². The number of nitrogens with one attached hydrogen (secondary N) is 1. The molecule has 0 spiro atoms. The molecule has 0 saturated heterocycles. The van der Waals surface area contributed by atoms with Crippen molar-refractivity contribution in [3.63, 3.8) is 0 Å². The first-order valence-corrected chi connectivity index (χ1v) is 9.65. The average molecular weight is 444 g/mol. The van der Waals surface area contributed by atoms with Crippen LogP contribution < -0.4 is 10.1 Å². The molecule has 1 aromatic carbocycles. The minimum Gasteiger partial charge on any atom is -0.444 e. The van der Waals surface area contributed by atoms with Crippen molar-refractivity contribution in [1.29, 1.82) is 0 Å². The zero-order valence-corrected chi connectivity index (χ0v) is 18.3. The fourth-order valence-electron chi connectivity index (χ4n) is 2.90. The zero-order valence-electron chi connectivity index (χ0n) is 18.3. The highest BCUT2D eigenvalue weighted by atomic mass is 19.4. The highest BCUT2D eigenvalue weighted by Gasteiger charge is 2.35. The first-order valence-electron chi connectivity index (χ1n) is 9.65. The van der Waals surface area contributed by atoms with Crippen LogP contribution in [-0.2, 0) is 4.74 Å². The van der Waals surface area contributed by atoms with Crippen molar-refractivity contribution in [3.05, 3.63) is 41.5 Å². The van der Waals surface area contributed by atoms with Crippen molar-refractivity contribution in [3.8, 4) is 5.75 Å². The van der Waals surface area contributed by atoms with E-state index in [9.17, 15) is 18.0 Å². The number of carbonyl (C=O) groups is 1. The summed E-state index contributed by atoms with van der Waals surface area (Å²) >= 11 is 0. The number of aromatic nitrogens is 2. The van der Waals surface area contributed by atoms with Crippen LogP contribution in [0.5, 0.6) is 5.75 Å². The van der Waals surface area contributed by atoms with Crippen LogP contribution in [0.25, 0.3) is 0 Å². The van der Waals surface area contributed by atoms with Crippen LogP contribution in [0.2, 0.25) is 0 Å². The van der Waals surface area contributed by atoms with Gasteiger partial charge in [0.05, 0.1) is 6.04 Å². The Labute approximate surface area is 178 Å². The van der Waals surface area contributed by atoms with Crippen molar-refractivity contribution >= 4 is 6.09 Å². The SMILES string of the molecule is CC[C@H](c1nc([C@@H](NC(=O)OC(C)(C)C)c2ccccc2OC(F)(F)F)no1)N(C)C. The van der Waals surface area contributed by atoms with Crippen molar-refractivity contribution in [2.24, 2.45) is 0 Å². The number of benzene rings is 1. The van der Waals surface area contributed by atoms with Crippen LogP contribution in [-0.4, -0.2) is 47.2 Å². The second-order valence-electron chi connectivity index (χ2n) is 8.04. The van der Waals surface area contributed by atoms with E-state index in [0.717, 1.165) is 6.07 Å². The van der Waals surface area contributed by atoms with E-state index in [1.54, 1.807) is 20.8 Å². The van der Waals surface area contributed by atoms with Gasteiger partial charge in [-0.1, -0.05) is 30.3 Å². The van der Waals surface area contributed by atoms with Gasteiger partial charge < -0.3 is 19.3 Å². The quantitative estimate of drug-likeness (QED) is 0.668. The van der Waals surface area contributed by atoms with E-state index in [1.165, 1.54) is 18.2 Å². The molecule has 0 radical (unpaired) electrons. The van der Waals surface area contributed by atoms with E-state index in [4.69, 9.17) is 9.26 Å². The Kier molecular flexibility index (Phi) is 7.53.